The van der Waals surface area contributed by atoms with Gasteiger partial charge in [0.25, 0.3) is 0 Å². The molecule has 0 saturated heterocycles. The molecule has 2 heteroatoms. The third kappa shape index (κ3) is 1.25. The summed E-state index contributed by atoms with van der Waals surface area (Å²) in [5.74, 6) is 1.71. The van der Waals surface area contributed by atoms with Crippen molar-refractivity contribution >= 4 is 0 Å². The van der Waals surface area contributed by atoms with Gasteiger partial charge in [-0.15, -0.1) is 0 Å². The van der Waals surface area contributed by atoms with Crippen molar-refractivity contribution in [1.29, 1.82) is 0 Å². The first-order valence-electron chi connectivity index (χ1n) is 2.93. The number of rotatable bonds is 1. The van der Waals surface area contributed by atoms with Gasteiger partial charge in [-0.2, -0.15) is 0 Å². The van der Waals surface area contributed by atoms with Crippen LogP contribution in [-0.2, 0) is 9.47 Å². The van der Waals surface area contributed by atoms with E-state index in [2.05, 4.69) is 0 Å². The van der Waals surface area contributed by atoms with Gasteiger partial charge in [-0.25, -0.2) is 0 Å². The van der Waals surface area contributed by atoms with Crippen molar-refractivity contribution < 1.29 is 9.47 Å². The van der Waals surface area contributed by atoms with Gasteiger partial charge in [-0.05, 0) is 19.9 Å². The highest BCUT2D eigenvalue weighted by atomic mass is 16.7. The van der Waals surface area contributed by atoms with Gasteiger partial charge in [0.1, 0.15) is 5.76 Å². The van der Waals surface area contributed by atoms with E-state index in [9.17, 15) is 0 Å². The molecular formula is C7H10O2. The standard InChI is InChI=1S/C7H10O2/c1-3-4-7-6(2)8-5-9-7/h3-4H,5H2,1-2H3/b4-3-. The fraction of sp³-hybridized carbons (Fsp3) is 0.429. The van der Waals surface area contributed by atoms with Crippen molar-refractivity contribution in [2.45, 2.75) is 13.8 Å². The Bertz CT molecular complexity index is 156. The second kappa shape index (κ2) is 2.58. The molecule has 1 aliphatic heterocycles. The summed E-state index contributed by atoms with van der Waals surface area (Å²) in [6, 6.07) is 0. The van der Waals surface area contributed by atoms with Crippen LogP contribution in [0.5, 0.6) is 0 Å². The highest BCUT2D eigenvalue weighted by Crippen LogP contribution is 2.15. The number of hydrogen-bond acceptors (Lipinski definition) is 2. The zero-order valence-corrected chi connectivity index (χ0v) is 5.68. The van der Waals surface area contributed by atoms with Crippen molar-refractivity contribution in [1.82, 2.24) is 0 Å². The van der Waals surface area contributed by atoms with E-state index in [-0.39, 0.29) is 0 Å². The van der Waals surface area contributed by atoms with Crippen molar-refractivity contribution in [2.75, 3.05) is 6.79 Å². The molecule has 0 radical (unpaired) electrons. The Kier molecular flexibility index (Phi) is 1.78. The third-order valence-electron chi connectivity index (χ3n) is 1.15. The van der Waals surface area contributed by atoms with Crippen LogP contribution in [0.25, 0.3) is 0 Å². The Morgan fingerprint density at radius 2 is 2.22 bits per heavy atom. The maximum absolute atomic E-state index is 5.08. The van der Waals surface area contributed by atoms with Crippen LogP contribution in [-0.4, -0.2) is 6.79 Å². The van der Waals surface area contributed by atoms with Crippen LogP contribution in [0.2, 0.25) is 0 Å². The maximum atomic E-state index is 5.08. The molecule has 0 aromatic carbocycles. The lowest BCUT2D eigenvalue weighted by Crippen LogP contribution is -1.80. The Balaban J connectivity index is 2.66. The lowest BCUT2D eigenvalue weighted by molar-refractivity contribution is 0.0750. The largest absolute Gasteiger partial charge is 0.458 e. The Hall–Kier alpha value is -0.920. The monoisotopic (exact) mass is 126 g/mol. The second-order valence-electron chi connectivity index (χ2n) is 1.83. The summed E-state index contributed by atoms with van der Waals surface area (Å²) < 4.78 is 10.1. The van der Waals surface area contributed by atoms with Crippen molar-refractivity contribution in [3.05, 3.63) is 23.7 Å². The summed E-state index contributed by atoms with van der Waals surface area (Å²) in [5.41, 5.74) is 0. The molecule has 0 aromatic rings. The van der Waals surface area contributed by atoms with Crippen LogP contribution < -0.4 is 0 Å². The van der Waals surface area contributed by atoms with Crippen LogP contribution in [0.1, 0.15) is 13.8 Å². The van der Waals surface area contributed by atoms with Crippen LogP contribution in [0.4, 0.5) is 0 Å². The molecule has 9 heavy (non-hydrogen) atoms. The molecule has 0 saturated carbocycles. The molecule has 0 aromatic heterocycles. The predicted molar refractivity (Wildman–Crippen MR) is 34.6 cm³/mol. The summed E-state index contributed by atoms with van der Waals surface area (Å²) in [7, 11) is 0. The summed E-state index contributed by atoms with van der Waals surface area (Å²) in [4.78, 5) is 0. The van der Waals surface area contributed by atoms with Gasteiger partial charge in [0.05, 0.1) is 0 Å². The molecule has 0 fully saturated rings. The average Bonchev–Trinajstić information content (AvgIpc) is 2.18. The molecule has 0 N–H and O–H groups in total. The number of ether oxygens (including phenoxy) is 2. The van der Waals surface area contributed by atoms with E-state index in [1.807, 2.05) is 26.0 Å². The first kappa shape index (κ1) is 6.20. The Morgan fingerprint density at radius 3 is 2.67 bits per heavy atom. The van der Waals surface area contributed by atoms with Gasteiger partial charge in [0.2, 0.25) is 6.79 Å². The van der Waals surface area contributed by atoms with E-state index < -0.39 is 0 Å². The first-order chi connectivity index (χ1) is 4.34. The minimum Gasteiger partial charge on any atom is -0.458 e. The summed E-state index contributed by atoms with van der Waals surface area (Å²) in [6.07, 6.45) is 3.82. The van der Waals surface area contributed by atoms with Crippen molar-refractivity contribution in [3.8, 4) is 0 Å². The fourth-order valence-electron chi connectivity index (χ4n) is 0.671. The van der Waals surface area contributed by atoms with Gasteiger partial charge >= 0.3 is 0 Å². The molecule has 0 bridgehead atoms. The molecule has 1 aliphatic rings. The number of hydrogen-bond donors (Lipinski definition) is 0. The van der Waals surface area contributed by atoms with Crippen LogP contribution >= 0.6 is 0 Å². The maximum Gasteiger partial charge on any atom is 0.230 e. The summed E-state index contributed by atoms with van der Waals surface area (Å²) >= 11 is 0. The molecule has 0 spiro atoms. The Labute approximate surface area is 54.8 Å². The van der Waals surface area contributed by atoms with E-state index in [1.165, 1.54) is 0 Å². The zero-order valence-electron chi connectivity index (χ0n) is 5.68. The zero-order chi connectivity index (χ0) is 6.69. The van der Waals surface area contributed by atoms with Gasteiger partial charge < -0.3 is 9.47 Å². The average molecular weight is 126 g/mol. The van der Waals surface area contributed by atoms with Crippen LogP contribution in [0.15, 0.2) is 23.7 Å². The predicted octanol–water partition coefficient (Wildman–Crippen LogP) is 1.80. The lowest BCUT2D eigenvalue weighted by atomic mass is 10.4. The smallest absolute Gasteiger partial charge is 0.230 e. The normalized spacial score (nSPS) is 18.4. The second-order valence-corrected chi connectivity index (χ2v) is 1.83. The van der Waals surface area contributed by atoms with E-state index in [0.29, 0.717) is 6.79 Å². The molecule has 0 amide bonds. The van der Waals surface area contributed by atoms with Crippen LogP contribution in [0, 0.1) is 0 Å². The van der Waals surface area contributed by atoms with E-state index in [0.717, 1.165) is 11.5 Å². The minimum atomic E-state index is 0.367. The van der Waals surface area contributed by atoms with E-state index in [4.69, 9.17) is 9.47 Å². The van der Waals surface area contributed by atoms with Crippen molar-refractivity contribution in [2.24, 2.45) is 0 Å². The van der Waals surface area contributed by atoms with Gasteiger partial charge in [0.15, 0.2) is 5.76 Å². The first-order valence-corrected chi connectivity index (χ1v) is 2.93. The highest BCUT2D eigenvalue weighted by Gasteiger charge is 2.08. The number of allylic oxidation sites excluding steroid dienone is 3. The fourth-order valence-corrected chi connectivity index (χ4v) is 0.671. The molecular weight excluding hydrogens is 116 g/mol. The van der Waals surface area contributed by atoms with Gasteiger partial charge in [0, 0.05) is 0 Å². The van der Waals surface area contributed by atoms with E-state index in [1.54, 1.807) is 0 Å². The SMILES string of the molecule is C/C=C\C1=C(C)OCO1. The minimum absolute atomic E-state index is 0.367. The molecule has 0 aliphatic carbocycles. The van der Waals surface area contributed by atoms with Crippen LogP contribution in [0.3, 0.4) is 0 Å². The van der Waals surface area contributed by atoms with Crippen molar-refractivity contribution in [3.63, 3.8) is 0 Å². The van der Waals surface area contributed by atoms with Gasteiger partial charge in [-0.3, -0.25) is 0 Å². The molecule has 50 valence electrons. The highest BCUT2D eigenvalue weighted by molar-refractivity contribution is 5.15. The molecule has 2 nitrogen and oxygen atoms in total. The molecule has 0 unspecified atom stereocenters. The molecule has 1 heterocycles. The molecule has 0 atom stereocenters. The summed E-state index contributed by atoms with van der Waals surface area (Å²) in [5, 5.41) is 0. The molecule has 1 rings (SSSR count). The quantitative estimate of drug-likeness (QED) is 0.533. The van der Waals surface area contributed by atoms with Gasteiger partial charge in [-0.1, -0.05) is 6.08 Å². The lowest BCUT2D eigenvalue weighted by Gasteiger charge is -1.89. The topological polar surface area (TPSA) is 18.5 Å². The summed E-state index contributed by atoms with van der Waals surface area (Å²) in [6.45, 7) is 4.20. The third-order valence-corrected chi connectivity index (χ3v) is 1.15. The van der Waals surface area contributed by atoms with E-state index >= 15 is 0 Å². The Morgan fingerprint density at radius 1 is 1.44 bits per heavy atom.